The van der Waals surface area contributed by atoms with Crippen LogP contribution in [0.1, 0.15) is 10.6 Å². The number of rotatable bonds is 4. The molecule has 7 heteroatoms. The molecule has 0 unspecified atom stereocenters. The van der Waals surface area contributed by atoms with Gasteiger partial charge in [0.1, 0.15) is 12.4 Å². The van der Waals surface area contributed by atoms with Crippen molar-refractivity contribution in [1.29, 1.82) is 0 Å². The van der Waals surface area contributed by atoms with Crippen LogP contribution in [0.25, 0.3) is 10.9 Å². The Bertz CT molecular complexity index is 697. The monoisotopic (exact) mass is 329 g/mol. The predicted molar refractivity (Wildman–Crippen MR) is 84.9 cm³/mol. The number of aromatic amines is 1. The zero-order valence-electron chi connectivity index (χ0n) is 10.4. The van der Waals surface area contributed by atoms with Gasteiger partial charge in [0.25, 0.3) is 0 Å². The summed E-state index contributed by atoms with van der Waals surface area (Å²) in [6.07, 6.45) is 1.79. The first-order valence-electron chi connectivity index (χ1n) is 5.77. The zero-order chi connectivity index (χ0) is 13.2. The highest BCUT2D eigenvalue weighted by atomic mass is 35.5. The first-order chi connectivity index (χ1) is 9.26. The topological polar surface area (TPSA) is 63.9 Å². The van der Waals surface area contributed by atoms with Crippen LogP contribution in [-0.4, -0.2) is 9.97 Å². The van der Waals surface area contributed by atoms with Gasteiger partial charge >= 0.3 is 0 Å². The number of thiazole rings is 1. The van der Waals surface area contributed by atoms with E-state index < -0.39 is 0 Å². The quantitative estimate of drug-likeness (QED) is 0.766. The highest BCUT2D eigenvalue weighted by molar-refractivity contribution is 7.09. The zero-order valence-corrected chi connectivity index (χ0v) is 12.8. The molecule has 0 atom stereocenters. The number of aromatic nitrogens is 2. The van der Waals surface area contributed by atoms with Crippen LogP contribution in [0.15, 0.2) is 29.9 Å². The maximum Gasteiger partial charge on any atom is 0.140 e. The Kier molecular flexibility index (Phi) is 4.88. The van der Waals surface area contributed by atoms with Crippen molar-refractivity contribution in [2.45, 2.75) is 13.2 Å². The van der Waals surface area contributed by atoms with Crippen molar-refractivity contribution in [3.63, 3.8) is 0 Å². The molecule has 3 N–H and O–H groups in total. The third-order valence-electron chi connectivity index (χ3n) is 2.80. The van der Waals surface area contributed by atoms with Gasteiger partial charge in [-0.15, -0.1) is 23.7 Å². The lowest BCUT2D eigenvalue weighted by Gasteiger charge is -2.06. The summed E-state index contributed by atoms with van der Waals surface area (Å²) in [6.45, 7) is 0.948. The van der Waals surface area contributed by atoms with Gasteiger partial charge in [-0.05, 0) is 12.1 Å². The van der Waals surface area contributed by atoms with Crippen LogP contribution in [0.3, 0.4) is 0 Å². The van der Waals surface area contributed by atoms with E-state index in [9.17, 15) is 0 Å². The summed E-state index contributed by atoms with van der Waals surface area (Å²) in [4.78, 5) is 8.30. The molecule has 0 fully saturated rings. The summed E-state index contributed by atoms with van der Waals surface area (Å²) in [7, 11) is 0. The minimum Gasteiger partial charge on any atom is -0.486 e. The Morgan fingerprint density at radius 1 is 1.35 bits per heavy atom. The highest BCUT2D eigenvalue weighted by Gasteiger charge is 2.08. The molecule has 0 aliphatic carbocycles. The minimum atomic E-state index is 0. The molecular formula is C13H13Cl2N3OS. The average molecular weight is 330 g/mol. The number of benzene rings is 1. The third kappa shape index (κ3) is 3.07. The lowest BCUT2D eigenvalue weighted by atomic mass is 10.2. The molecule has 0 saturated carbocycles. The third-order valence-corrected chi connectivity index (χ3v) is 3.85. The SMILES string of the molecule is Cl.NCc1cc2cc(Cl)c(OCc3cncs3)cc2[nH]1. The molecule has 0 bridgehead atoms. The lowest BCUT2D eigenvalue weighted by molar-refractivity contribution is 0.310. The van der Waals surface area contributed by atoms with Gasteiger partial charge in [0, 0.05) is 35.4 Å². The summed E-state index contributed by atoms with van der Waals surface area (Å²) in [6, 6.07) is 5.78. The minimum absolute atomic E-state index is 0. The molecule has 0 spiro atoms. The summed E-state index contributed by atoms with van der Waals surface area (Å²) in [5.41, 5.74) is 9.34. The van der Waals surface area contributed by atoms with Gasteiger partial charge in [-0.3, -0.25) is 4.98 Å². The fraction of sp³-hybridized carbons (Fsp3) is 0.154. The summed E-state index contributed by atoms with van der Waals surface area (Å²) >= 11 is 7.77. The van der Waals surface area contributed by atoms with Crippen molar-refractivity contribution in [1.82, 2.24) is 9.97 Å². The van der Waals surface area contributed by atoms with Crippen molar-refractivity contribution in [3.05, 3.63) is 45.5 Å². The molecule has 3 rings (SSSR count). The largest absolute Gasteiger partial charge is 0.486 e. The van der Waals surface area contributed by atoms with Gasteiger partial charge in [0.05, 0.1) is 15.4 Å². The fourth-order valence-corrected chi connectivity index (χ4v) is 2.61. The first kappa shape index (κ1) is 15.1. The Hall–Kier alpha value is -1.27. The van der Waals surface area contributed by atoms with Crippen molar-refractivity contribution in [2.75, 3.05) is 0 Å². The molecule has 0 amide bonds. The van der Waals surface area contributed by atoms with E-state index in [1.807, 2.05) is 18.2 Å². The normalized spacial score (nSPS) is 10.5. The summed E-state index contributed by atoms with van der Waals surface area (Å²) in [5.74, 6) is 0.660. The number of nitrogens with one attached hydrogen (secondary N) is 1. The summed E-state index contributed by atoms with van der Waals surface area (Å²) in [5, 5.41) is 1.63. The number of nitrogens with zero attached hydrogens (tertiary/aromatic N) is 1. The molecule has 0 aliphatic rings. The van der Waals surface area contributed by atoms with Gasteiger partial charge in [-0.25, -0.2) is 0 Å². The van der Waals surface area contributed by atoms with Gasteiger partial charge in [-0.2, -0.15) is 0 Å². The van der Waals surface area contributed by atoms with Crippen LogP contribution in [0.4, 0.5) is 0 Å². The van der Waals surface area contributed by atoms with Crippen LogP contribution < -0.4 is 10.5 Å². The van der Waals surface area contributed by atoms with Crippen LogP contribution in [0.5, 0.6) is 5.75 Å². The number of hydrogen-bond acceptors (Lipinski definition) is 4. The molecule has 20 heavy (non-hydrogen) atoms. The number of H-pyrrole nitrogens is 1. The van der Waals surface area contributed by atoms with E-state index in [1.165, 1.54) is 0 Å². The maximum atomic E-state index is 6.21. The molecule has 106 valence electrons. The predicted octanol–water partition coefficient (Wildman–Crippen LogP) is 3.74. The summed E-state index contributed by atoms with van der Waals surface area (Å²) < 4.78 is 5.72. The van der Waals surface area contributed by atoms with E-state index in [1.54, 1.807) is 23.0 Å². The van der Waals surface area contributed by atoms with E-state index >= 15 is 0 Å². The molecule has 4 nitrogen and oxygen atoms in total. The van der Waals surface area contributed by atoms with Gasteiger partial charge in [0.2, 0.25) is 0 Å². The molecule has 0 saturated heterocycles. The van der Waals surface area contributed by atoms with E-state index in [2.05, 4.69) is 9.97 Å². The highest BCUT2D eigenvalue weighted by Crippen LogP contribution is 2.31. The van der Waals surface area contributed by atoms with E-state index in [-0.39, 0.29) is 12.4 Å². The van der Waals surface area contributed by atoms with Crippen molar-refractivity contribution in [3.8, 4) is 5.75 Å². The molecule has 3 aromatic rings. The lowest BCUT2D eigenvalue weighted by Crippen LogP contribution is -1.95. The van der Waals surface area contributed by atoms with Crippen LogP contribution in [0, 0.1) is 0 Å². The fourth-order valence-electron chi connectivity index (χ4n) is 1.88. The van der Waals surface area contributed by atoms with Gasteiger partial charge in [0.15, 0.2) is 0 Å². The van der Waals surface area contributed by atoms with Crippen LogP contribution >= 0.6 is 35.3 Å². The van der Waals surface area contributed by atoms with Crippen molar-refractivity contribution >= 4 is 46.2 Å². The average Bonchev–Trinajstić information content (AvgIpc) is 3.04. The molecule has 0 aliphatic heterocycles. The molecule has 2 aromatic heterocycles. The molecule has 1 aromatic carbocycles. The Morgan fingerprint density at radius 3 is 2.90 bits per heavy atom. The smallest absolute Gasteiger partial charge is 0.140 e. The second-order valence-corrected chi connectivity index (χ2v) is 5.50. The number of halogens is 2. The van der Waals surface area contributed by atoms with Crippen LogP contribution in [-0.2, 0) is 13.2 Å². The van der Waals surface area contributed by atoms with Crippen molar-refractivity contribution in [2.24, 2.45) is 5.73 Å². The van der Waals surface area contributed by atoms with E-state index in [0.717, 1.165) is 21.5 Å². The Balaban J connectivity index is 0.00000147. The first-order valence-corrected chi connectivity index (χ1v) is 7.03. The van der Waals surface area contributed by atoms with Gasteiger partial charge in [-0.1, -0.05) is 11.6 Å². The molecular weight excluding hydrogens is 317 g/mol. The maximum absolute atomic E-state index is 6.21. The van der Waals surface area contributed by atoms with E-state index in [4.69, 9.17) is 22.1 Å². The number of hydrogen-bond donors (Lipinski definition) is 2. The van der Waals surface area contributed by atoms with Gasteiger partial charge < -0.3 is 15.5 Å². The number of fused-ring (bicyclic) bond motifs is 1. The molecule has 2 heterocycles. The molecule has 0 radical (unpaired) electrons. The Labute approximate surface area is 131 Å². The van der Waals surface area contributed by atoms with Crippen LogP contribution in [0.2, 0.25) is 5.02 Å². The van der Waals surface area contributed by atoms with Crippen molar-refractivity contribution < 1.29 is 4.74 Å². The number of nitrogens with two attached hydrogens (primary N) is 1. The Morgan fingerprint density at radius 2 is 2.20 bits per heavy atom. The number of ether oxygens (including phenoxy) is 1. The van der Waals surface area contributed by atoms with E-state index in [0.29, 0.717) is 23.9 Å². The standard InChI is InChI=1S/C13H12ClN3OS.ClH/c14-11-2-8-1-9(4-15)17-12(8)3-13(11)18-6-10-5-16-7-19-10;/h1-3,5,7,17H,4,6,15H2;1H. The second kappa shape index (κ2) is 6.45. The second-order valence-electron chi connectivity index (χ2n) is 4.12.